The topological polar surface area (TPSA) is 64.7 Å². The van der Waals surface area contributed by atoms with Crippen LogP contribution in [0, 0.1) is 6.92 Å². The van der Waals surface area contributed by atoms with E-state index in [-0.39, 0.29) is 0 Å². The molecule has 2 N–H and O–H groups in total. The Labute approximate surface area is 81.9 Å². The van der Waals surface area contributed by atoms with E-state index in [9.17, 15) is 0 Å². The summed E-state index contributed by atoms with van der Waals surface area (Å²) in [6.45, 7) is 1.98. The predicted octanol–water partition coefficient (Wildman–Crippen LogP) is 1.43. The molecule has 2 aromatic rings. The highest BCUT2D eigenvalue weighted by Gasteiger charge is 2.01. The van der Waals surface area contributed by atoms with Gasteiger partial charge in [-0.1, -0.05) is 6.07 Å². The van der Waals surface area contributed by atoms with Crippen LogP contribution in [-0.2, 0) is 0 Å². The average molecular weight is 186 g/mol. The fourth-order valence-corrected chi connectivity index (χ4v) is 1.10. The number of aryl methyl sites for hydroxylation is 1. The molecule has 0 aromatic carbocycles. The van der Waals surface area contributed by atoms with Crippen molar-refractivity contribution in [1.29, 1.82) is 0 Å². The smallest absolute Gasteiger partial charge is 0.180 e. The van der Waals surface area contributed by atoms with Crippen molar-refractivity contribution in [3.8, 4) is 11.5 Å². The van der Waals surface area contributed by atoms with Gasteiger partial charge in [0.25, 0.3) is 0 Å². The standard InChI is InChI=1S/C10H10N4/c1-7-2-3-8(13-6-7)10-12-5-4-9(11)14-10/h2-6H,1H3,(H2,11,12,14). The van der Waals surface area contributed by atoms with E-state index < -0.39 is 0 Å². The zero-order chi connectivity index (χ0) is 9.97. The maximum Gasteiger partial charge on any atom is 0.180 e. The van der Waals surface area contributed by atoms with Crippen molar-refractivity contribution in [2.75, 3.05) is 5.73 Å². The molecule has 0 atom stereocenters. The van der Waals surface area contributed by atoms with Gasteiger partial charge < -0.3 is 5.73 Å². The first kappa shape index (κ1) is 8.62. The van der Waals surface area contributed by atoms with Crippen LogP contribution in [0.5, 0.6) is 0 Å². The number of aromatic nitrogens is 3. The SMILES string of the molecule is Cc1ccc(-c2nccc(N)n2)nc1. The molecule has 2 rings (SSSR count). The highest BCUT2D eigenvalue weighted by atomic mass is 15.0. The minimum atomic E-state index is 0.456. The molecule has 0 aliphatic rings. The lowest BCUT2D eigenvalue weighted by atomic mass is 10.2. The summed E-state index contributed by atoms with van der Waals surface area (Å²) in [4.78, 5) is 12.4. The quantitative estimate of drug-likeness (QED) is 0.731. The van der Waals surface area contributed by atoms with Crippen molar-refractivity contribution < 1.29 is 0 Å². The Morgan fingerprint density at radius 3 is 2.64 bits per heavy atom. The highest BCUT2D eigenvalue weighted by molar-refractivity contribution is 5.50. The van der Waals surface area contributed by atoms with Crippen molar-refractivity contribution in [2.24, 2.45) is 0 Å². The third-order valence-electron chi connectivity index (χ3n) is 1.82. The number of anilines is 1. The summed E-state index contributed by atoms with van der Waals surface area (Å²) in [5.41, 5.74) is 7.39. The summed E-state index contributed by atoms with van der Waals surface area (Å²) in [6.07, 6.45) is 3.40. The normalized spacial score (nSPS) is 10.1. The van der Waals surface area contributed by atoms with Crippen LogP contribution in [0.2, 0.25) is 0 Å². The van der Waals surface area contributed by atoms with Crippen LogP contribution in [0.15, 0.2) is 30.6 Å². The van der Waals surface area contributed by atoms with Gasteiger partial charge in [-0.15, -0.1) is 0 Å². The zero-order valence-electron chi connectivity index (χ0n) is 7.81. The first-order valence-corrected chi connectivity index (χ1v) is 4.27. The molecule has 0 amide bonds. The van der Waals surface area contributed by atoms with E-state index in [2.05, 4.69) is 15.0 Å². The van der Waals surface area contributed by atoms with Crippen molar-refractivity contribution in [3.63, 3.8) is 0 Å². The number of pyridine rings is 1. The van der Waals surface area contributed by atoms with Gasteiger partial charge in [-0.25, -0.2) is 9.97 Å². The Balaban J connectivity index is 2.44. The van der Waals surface area contributed by atoms with E-state index >= 15 is 0 Å². The number of nitrogens with zero attached hydrogens (tertiary/aromatic N) is 3. The molecule has 0 saturated carbocycles. The molecule has 2 aromatic heterocycles. The molecule has 0 saturated heterocycles. The third kappa shape index (κ3) is 1.69. The second-order valence-corrected chi connectivity index (χ2v) is 3.03. The molecule has 0 bridgehead atoms. The first-order valence-electron chi connectivity index (χ1n) is 4.27. The lowest BCUT2D eigenvalue weighted by Gasteiger charge is -1.99. The van der Waals surface area contributed by atoms with Gasteiger partial charge >= 0.3 is 0 Å². The number of nitrogens with two attached hydrogens (primary N) is 1. The van der Waals surface area contributed by atoms with Crippen LogP contribution in [0.4, 0.5) is 5.82 Å². The van der Waals surface area contributed by atoms with Crippen LogP contribution < -0.4 is 5.73 Å². The van der Waals surface area contributed by atoms with Crippen molar-refractivity contribution in [2.45, 2.75) is 6.92 Å². The molecule has 0 aliphatic heterocycles. The van der Waals surface area contributed by atoms with Crippen LogP contribution in [0.25, 0.3) is 11.5 Å². The van der Waals surface area contributed by atoms with Crippen molar-refractivity contribution in [1.82, 2.24) is 15.0 Å². The fraction of sp³-hybridized carbons (Fsp3) is 0.100. The van der Waals surface area contributed by atoms with Crippen LogP contribution in [0.3, 0.4) is 0 Å². The number of hydrogen-bond donors (Lipinski definition) is 1. The second-order valence-electron chi connectivity index (χ2n) is 3.03. The van der Waals surface area contributed by atoms with Crippen molar-refractivity contribution >= 4 is 5.82 Å². The van der Waals surface area contributed by atoms with E-state index in [4.69, 9.17) is 5.73 Å². The average Bonchev–Trinajstić information content (AvgIpc) is 2.19. The van der Waals surface area contributed by atoms with Gasteiger partial charge in [0.05, 0.1) is 0 Å². The molecule has 0 radical (unpaired) electrons. The minimum Gasteiger partial charge on any atom is -0.384 e. The van der Waals surface area contributed by atoms with E-state index in [0.29, 0.717) is 11.6 Å². The summed E-state index contributed by atoms with van der Waals surface area (Å²) in [5.74, 6) is 1.02. The molecule has 0 aliphatic carbocycles. The molecule has 70 valence electrons. The molecule has 14 heavy (non-hydrogen) atoms. The van der Waals surface area contributed by atoms with E-state index in [1.807, 2.05) is 19.1 Å². The Bertz CT molecular complexity index is 436. The first-order chi connectivity index (χ1) is 6.75. The lowest BCUT2D eigenvalue weighted by molar-refractivity contribution is 1.14. The molecule has 0 spiro atoms. The van der Waals surface area contributed by atoms with Gasteiger partial charge in [0.15, 0.2) is 5.82 Å². The van der Waals surface area contributed by atoms with Crippen molar-refractivity contribution in [3.05, 3.63) is 36.2 Å². The van der Waals surface area contributed by atoms with Gasteiger partial charge in [0.2, 0.25) is 0 Å². The fourth-order valence-electron chi connectivity index (χ4n) is 1.10. The summed E-state index contributed by atoms with van der Waals surface area (Å²) in [6, 6.07) is 5.50. The highest BCUT2D eigenvalue weighted by Crippen LogP contribution is 2.12. The molecule has 0 fully saturated rings. The van der Waals surface area contributed by atoms with E-state index in [0.717, 1.165) is 11.3 Å². The largest absolute Gasteiger partial charge is 0.384 e. The van der Waals surface area contributed by atoms with Crippen LogP contribution in [-0.4, -0.2) is 15.0 Å². The van der Waals surface area contributed by atoms with Crippen LogP contribution >= 0.6 is 0 Å². The van der Waals surface area contributed by atoms with Gasteiger partial charge in [0, 0.05) is 12.4 Å². The lowest BCUT2D eigenvalue weighted by Crippen LogP contribution is -1.95. The summed E-state index contributed by atoms with van der Waals surface area (Å²) < 4.78 is 0. The van der Waals surface area contributed by atoms with Crippen LogP contribution in [0.1, 0.15) is 5.56 Å². The van der Waals surface area contributed by atoms with Gasteiger partial charge in [-0.2, -0.15) is 0 Å². The summed E-state index contributed by atoms with van der Waals surface area (Å²) in [7, 11) is 0. The third-order valence-corrected chi connectivity index (χ3v) is 1.82. The Kier molecular flexibility index (Phi) is 2.10. The molecular formula is C10H10N4. The molecule has 2 heterocycles. The molecule has 4 nitrogen and oxygen atoms in total. The summed E-state index contributed by atoms with van der Waals surface area (Å²) in [5, 5.41) is 0. The zero-order valence-corrected chi connectivity index (χ0v) is 7.81. The molecule has 4 heteroatoms. The number of hydrogen-bond acceptors (Lipinski definition) is 4. The molecular weight excluding hydrogens is 176 g/mol. The second kappa shape index (κ2) is 3.41. The maximum atomic E-state index is 5.55. The van der Waals surface area contributed by atoms with Gasteiger partial charge in [-0.3, -0.25) is 4.98 Å². The summed E-state index contributed by atoms with van der Waals surface area (Å²) >= 11 is 0. The maximum absolute atomic E-state index is 5.55. The van der Waals surface area contributed by atoms with Gasteiger partial charge in [-0.05, 0) is 24.6 Å². The van der Waals surface area contributed by atoms with E-state index in [1.165, 1.54) is 0 Å². The Hall–Kier alpha value is -1.97. The minimum absolute atomic E-state index is 0.456. The number of nitrogen functional groups attached to an aromatic ring is 1. The predicted molar refractivity (Wildman–Crippen MR) is 54.4 cm³/mol. The van der Waals surface area contributed by atoms with E-state index in [1.54, 1.807) is 18.5 Å². The Morgan fingerprint density at radius 1 is 1.14 bits per heavy atom. The Morgan fingerprint density at radius 2 is 2.00 bits per heavy atom. The van der Waals surface area contributed by atoms with Gasteiger partial charge in [0.1, 0.15) is 11.5 Å². The number of rotatable bonds is 1. The monoisotopic (exact) mass is 186 g/mol. The molecule has 0 unspecified atom stereocenters.